The third-order valence-electron chi connectivity index (χ3n) is 3.40. The molecule has 2 aromatic carbocycles. The zero-order valence-electron chi connectivity index (χ0n) is 12.4. The number of aryl methyl sites for hydroxylation is 3. The summed E-state index contributed by atoms with van der Waals surface area (Å²) in [6, 6.07) is 11.7. The molecule has 0 aliphatic heterocycles. The van der Waals surface area contributed by atoms with Crippen LogP contribution in [0.15, 0.2) is 36.4 Å². The van der Waals surface area contributed by atoms with Crippen molar-refractivity contribution in [3.8, 4) is 0 Å². The normalized spacial score (nSPS) is 10.2. The summed E-state index contributed by atoms with van der Waals surface area (Å²) < 4.78 is 0. The molecule has 2 N–H and O–H groups in total. The summed E-state index contributed by atoms with van der Waals surface area (Å²) in [7, 11) is 1.87. The SMILES string of the molecule is CNc1ccc(C(=O)Nc2cc(C)ccc2C)cc1C. The lowest BCUT2D eigenvalue weighted by Crippen LogP contribution is -2.13. The largest absolute Gasteiger partial charge is 0.388 e. The quantitative estimate of drug-likeness (QED) is 0.886. The van der Waals surface area contributed by atoms with Crippen molar-refractivity contribution in [2.24, 2.45) is 0 Å². The van der Waals surface area contributed by atoms with Crippen molar-refractivity contribution in [1.29, 1.82) is 0 Å². The van der Waals surface area contributed by atoms with Gasteiger partial charge in [-0.2, -0.15) is 0 Å². The van der Waals surface area contributed by atoms with E-state index in [1.807, 2.05) is 64.2 Å². The number of nitrogens with one attached hydrogen (secondary N) is 2. The molecule has 0 saturated carbocycles. The molecule has 0 fully saturated rings. The molecular formula is C17H20N2O. The van der Waals surface area contributed by atoms with E-state index in [2.05, 4.69) is 10.6 Å². The average Bonchev–Trinajstić information content (AvgIpc) is 2.42. The van der Waals surface area contributed by atoms with Crippen molar-refractivity contribution in [2.45, 2.75) is 20.8 Å². The van der Waals surface area contributed by atoms with Gasteiger partial charge in [-0.15, -0.1) is 0 Å². The monoisotopic (exact) mass is 268 g/mol. The zero-order chi connectivity index (χ0) is 14.7. The lowest BCUT2D eigenvalue weighted by Gasteiger charge is -2.11. The molecule has 0 radical (unpaired) electrons. The standard InChI is InChI=1S/C17H20N2O/c1-11-5-6-12(2)16(9-11)19-17(20)14-7-8-15(18-4)13(3)10-14/h5-10,18H,1-4H3,(H,19,20). The van der Waals surface area contributed by atoms with E-state index in [0.29, 0.717) is 5.56 Å². The Morgan fingerprint density at radius 1 is 0.900 bits per heavy atom. The summed E-state index contributed by atoms with van der Waals surface area (Å²) in [6.45, 7) is 5.99. The van der Waals surface area contributed by atoms with E-state index >= 15 is 0 Å². The van der Waals surface area contributed by atoms with Gasteiger partial charge in [-0.1, -0.05) is 12.1 Å². The highest BCUT2D eigenvalue weighted by Gasteiger charge is 2.09. The smallest absolute Gasteiger partial charge is 0.255 e. The van der Waals surface area contributed by atoms with Crippen molar-refractivity contribution in [3.63, 3.8) is 0 Å². The van der Waals surface area contributed by atoms with Gasteiger partial charge in [0.05, 0.1) is 0 Å². The number of amides is 1. The fraction of sp³-hybridized carbons (Fsp3) is 0.235. The minimum Gasteiger partial charge on any atom is -0.388 e. The first-order valence-electron chi connectivity index (χ1n) is 6.68. The zero-order valence-corrected chi connectivity index (χ0v) is 12.4. The van der Waals surface area contributed by atoms with Gasteiger partial charge in [-0.3, -0.25) is 4.79 Å². The van der Waals surface area contributed by atoms with Gasteiger partial charge in [0.2, 0.25) is 0 Å². The molecular weight excluding hydrogens is 248 g/mol. The lowest BCUT2D eigenvalue weighted by atomic mass is 10.1. The van der Waals surface area contributed by atoms with Crippen LogP contribution >= 0.6 is 0 Å². The topological polar surface area (TPSA) is 41.1 Å². The molecule has 2 rings (SSSR count). The predicted octanol–water partition coefficient (Wildman–Crippen LogP) is 3.91. The minimum absolute atomic E-state index is 0.0792. The van der Waals surface area contributed by atoms with Crippen LogP contribution in [-0.2, 0) is 0 Å². The summed E-state index contributed by atoms with van der Waals surface area (Å²) >= 11 is 0. The number of carbonyl (C=O) groups is 1. The van der Waals surface area contributed by atoms with Crippen molar-refractivity contribution >= 4 is 17.3 Å². The fourth-order valence-corrected chi connectivity index (χ4v) is 2.15. The van der Waals surface area contributed by atoms with Crippen LogP contribution in [0, 0.1) is 20.8 Å². The molecule has 0 aliphatic carbocycles. The maximum Gasteiger partial charge on any atom is 0.255 e. The van der Waals surface area contributed by atoms with Crippen LogP contribution in [0.1, 0.15) is 27.0 Å². The molecule has 3 heteroatoms. The van der Waals surface area contributed by atoms with Crippen LogP contribution < -0.4 is 10.6 Å². The molecule has 1 amide bonds. The summed E-state index contributed by atoms with van der Waals surface area (Å²) in [5, 5.41) is 6.07. The number of hydrogen-bond donors (Lipinski definition) is 2. The van der Waals surface area contributed by atoms with Crippen LogP contribution in [0.5, 0.6) is 0 Å². The van der Waals surface area contributed by atoms with Crippen LogP contribution in [0.2, 0.25) is 0 Å². The van der Waals surface area contributed by atoms with Gasteiger partial charge in [0.1, 0.15) is 0 Å². The maximum absolute atomic E-state index is 12.3. The highest BCUT2D eigenvalue weighted by Crippen LogP contribution is 2.19. The van der Waals surface area contributed by atoms with Crippen LogP contribution in [0.4, 0.5) is 11.4 Å². The van der Waals surface area contributed by atoms with Crippen LogP contribution in [0.25, 0.3) is 0 Å². The second kappa shape index (κ2) is 5.78. The van der Waals surface area contributed by atoms with E-state index in [1.165, 1.54) is 0 Å². The highest BCUT2D eigenvalue weighted by atomic mass is 16.1. The Bertz CT molecular complexity index is 647. The first-order valence-corrected chi connectivity index (χ1v) is 6.68. The lowest BCUT2D eigenvalue weighted by molar-refractivity contribution is 0.102. The summed E-state index contributed by atoms with van der Waals surface area (Å²) in [5.74, 6) is -0.0792. The number of anilines is 2. The molecule has 2 aromatic rings. The fourth-order valence-electron chi connectivity index (χ4n) is 2.15. The van der Waals surface area contributed by atoms with Gasteiger partial charge in [0.15, 0.2) is 0 Å². The Morgan fingerprint density at radius 2 is 1.65 bits per heavy atom. The van der Waals surface area contributed by atoms with Crippen LogP contribution in [0.3, 0.4) is 0 Å². The second-order valence-electron chi connectivity index (χ2n) is 5.05. The van der Waals surface area contributed by atoms with E-state index in [1.54, 1.807) is 0 Å². The molecule has 3 nitrogen and oxygen atoms in total. The summed E-state index contributed by atoms with van der Waals surface area (Å²) in [5.41, 5.74) is 5.82. The molecule has 20 heavy (non-hydrogen) atoms. The molecule has 0 aromatic heterocycles. The second-order valence-corrected chi connectivity index (χ2v) is 5.05. The minimum atomic E-state index is -0.0792. The Balaban J connectivity index is 2.24. The van der Waals surface area contributed by atoms with E-state index in [4.69, 9.17) is 0 Å². The molecule has 0 saturated heterocycles. The van der Waals surface area contributed by atoms with Crippen molar-refractivity contribution in [2.75, 3.05) is 17.7 Å². The Kier molecular flexibility index (Phi) is 4.08. The maximum atomic E-state index is 12.3. The van der Waals surface area contributed by atoms with E-state index in [-0.39, 0.29) is 5.91 Å². The molecule has 104 valence electrons. The van der Waals surface area contributed by atoms with Gasteiger partial charge in [-0.05, 0) is 61.7 Å². The number of carbonyl (C=O) groups excluding carboxylic acids is 1. The molecule has 0 unspecified atom stereocenters. The summed E-state index contributed by atoms with van der Waals surface area (Å²) in [6.07, 6.45) is 0. The van der Waals surface area contributed by atoms with Gasteiger partial charge in [0, 0.05) is 24.0 Å². The number of rotatable bonds is 3. The van der Waals surface area contributed by atoms with Crippen molar-refractivity contribution < 1.29 is 4.79 Å². The van der Waals surface area contributed by atoms with Gasteiger partial charge in [-0.25, -0.2) is 0 Å². The molecule has 0 bridgehead atoms. The summed E-state index contributed by atoms with van der Waals surface area (Å²) in [4.78, 5) is 12.3. The van der Waals surface area contributed by atoms with Crippen LogP contribution in [-0.4, -0.2) is 13.0 Å². The first kappa shape index (κ1) is 14.1. The van der Waals surface area contributed by atoms with E-state index in [0.717, 1.165) is 28.1 Å². The molecule has 0 heterocycles. The van der Waals surface area contributed by atoms with E-state index < -0.39 is 0 Å². The molecule has 0 aliphatic rings. The number of benzene rings is 2. The average molecular weight is 268 g/mol. The first-order chi connectivity index (χ1) is 9.51. The number of hydrogen-bond acceptors (Lipinski definition) is 2. The van der Waals surface area contributed by atoms with Gasteiger partial charge >= 0.3 is 0 Å². The third kappa shape index (κ3) is 2.99. The predicted molar refractivity (Wildman–Crippen MR) is 84.6 cm³/mol. The molecule has 0 atom stereocenters. The van der Waals surface area contributed by atoms with Gasteiger partial charge in [0.25, 0.3) is 5.91 Å². The van der Waals surface area contributed by atoms with Gasteiger partial charge < -0.3 is 10.6 Å². The van der Waals surface area contributed by atoms with Crippen molar-refractivity contribution in [1.82, 2.24) is 0 Å². The third-order valence-corrected chi connectivity index (χ3v) is 3.40. The molecule has 0 spiro atoms. The Hall–Kier alpha value is -2.29. The Morgan fingerprint density at radius 3 is 2.30 bits per heavy atom. The van der Waals surface area contributed by atoms with E-state index in [9.17, 15) is 4.79 Å². The van der Waals surface area contributed by atoms with Crippen molar-refractivity contribution in [3.05, 3.63) is 58.7 Å². The Labute approximate surface area is 120 Å². The highest BCUT2D eigenvalue weighted by molar-refractivity contribution is 6.05.